The zero-order valence-corrected chi connectivity index (χ0v) is 12.0. The van der Waals surface area contributed by atoms with Gasteiger partial charge in [-0.2, -0.15) is 0 Å². The molecule has 0 aliphatic heterocycles. The predicted molar refractivity (Wildman–Crippen MR) is 76.6 cm³/mol. The fraction of sp³-hybridized carbons (Fsp3) is 0.500. The Labute approximate surface area is 115 Å². The van der Waals surface area contributed by atoms with Crippen LogP contribution in [0.1, 0.15) is 51.8 Å². The maximum atomic E-state index is 12.6. The normalized spacial score (nSPS) is 17.1. The lowest BCUT2D eigenvalue weighted by atomic mass is 10.1. The Hall–Kier alpha value is -1.64. The summed E-state index contributed by atoms with van der Waals surface area (Å²) in [6.45, 7) is 6.03. The smallest absolute Gasteiger partial charge is 0.249 e. The molecule has 0 saturated heterocycles. The van der Waals surface area contributed by atoms with Crippen LogP contribution in [0.4, 0.5) is 0 Å². The summed E-state index contributed by atoms with van der Waals surface area (Å²) in [5.74, 6) is 0.155. The number of carbonyl (C=O) groups is 1. The molecule has 1 aromatic rings. The van der Waals surface area contributed by atoms with Gasteiger partial charge in [-0.25, -0.2) is 0 Å². The second kappa shape index (κ2) is 6.00. The van der Waals surface area contributed by atoms with E-state index in [1.54, 1.807) is 6.20 Å². The van der Waals surface area contributed by atoms with Gasteiger partial charge in [0.1, 0.15) is 0 Å². The van der Waals surface area contributed by atoms with Gasteiger partial charge in [-0.05, 0) is 45.2 Å². The summed E-state index contributed by atoms with van der Waals surface area (Å²) in [6.07, 6.45) is 6.91. The van der Waals surface area contributed by atoms with Crippen molar-refractivity contribution in [1.29, 1.82) is 0 Å². The quantitative estimate of drug-likeness (QED) is 0.757. The van der Waals surface area contributed by atoms with Gasteiger partial charge in [0, 0.05) is 17.8 Å². The van der Waals surface area contributed by atoms with Gasteiger partial charge in [0.05, 0.1) is 11.7 Å². The first-order valence-corrected chi connectivity index (χ1v) is 7.05. The van der Waals surface area contributed by atoms with Crippen LogP contribution in [0.5, 0.6) is 0 Å². The first-order chi connectivity index (χ1) is 9.15. The Kier molecular flexibility index (Phi) is 4.35. The Morgan fingerprint density at radius 2 is 2.26 bits per heavy atom. The molecule has 1 amide bonds. The van der Waals surface area contributed by atoms with E-state index in [-0.39, 0.29) is 11.9 Å². The SMILES string of the molecule is CC/C=C(\C)C(=O)N(C1CC1)C(C)c1ccccn1. The highest BCUT2D eigenvalue weighted by Crippen LogP contribution is 2.34. The average Bonchev–Trinajstić information content (AvgIpc) is 3.24. The summed E-state index contributed by atoms with van der Waals surface area (Å²) in [7, 11) is 0. The molecule has 1 atom stereocenters. The highest BCUT2D eigenvalue weighted by atomic mass is 16.2. The molecule has 0 N–H and O–H groups in total. The summed E-state index contributed by atoms with van der Waals surface area (Å²) >= 11 is 0. The number of aromatic nitrogens is 1. The molecule has 2 rings (SSSR count). The van der Waals surface area contributed by atoms with Crippen LogP contribution in [0.15, 0.2) is 36.0 Å². The molecule has 1 fully saturated rings. The third kappa shape index (κ3) is 3.22. The third-order valence-corrected chi connectivity index (χ3v) is 3.56. The van der Waals surface area contributed by atoms with Crippen molar-refractivity contribution in [1.82, 2.24) is 9.88 Å². The van der Waals surface area contributed by atoms with Crippen LogP contribution >= 0.6 is 0 Å². The summed E-state index contributed by atoms with van der Waals surface area (Å²) in [4.78, 5) is 18.9. The van der Waals surface area contributed by atoms with Crippen LogP contribution in [-0.4, -0.2) is 21.8 Å². The molecule has 1 saturated carbocycles. The number of pyridine rings is 1. The van der Waals surface area contributed by atoms with Crippen LogP contribution in [0, 0.1) is 0 Å². The number of nitrogens with zero attached hydrogens (tertiary/aromatic N) is 2. The molecule has 1 unspecified atom stereocenters. The second-order valence-electron chi connectivity index (χ2n) is 5.17. The molecule has 0 aromatic carbocycles. The van der Waals surface area contributed by atoms with E-state index in [1.165, 1.54) is 0 Å². The fourth-order valence-corrected chi connectivity index (χ4v) is 2.37. The van der Waals surface area contributed by atoms with Crippen LogP contribution in [0.25, 0.3) is 0 Å². The van der Waals surface area contributed by atoms with Crippen LogP contribution < -0.4 is 0 Å². The van der Waals surface area contributed by atoms with E-state index < -0.39 is 0 Å². The zero-order valence-electron chi connectivity index (χ0n) is 12.0. The lowest BCUT2D eigenvalue weighted by molar-refractivity contribution is -0.129. The van der Waals surface area contributed by atoms with Gasteiger partial charge in [0.2, 0.25) is 5.91 Å². The Morgan fingerprint density at radius 3 is 2.79 bits per heavy atom. The summed E-state index contributed by atoms with van der Waals surface area (Å²) < 4.78 is 0. The molecular formula is C16H22N2O. The van der Waals surface area contributed by atoms with Crippen molar-refractivity contribution in [2.24, 2.45) is 0 Å². The van der Waals surface area contributed by atoms with Gasteiger partial charge in [0.25, 0.3) is 0 Å². The van der Waals surface area contributed by atoms with Gasteiger partial charge in [-0.3, -0.25) is 9.78 Å². The van der Waals surface area contributed by atoms with Crippen LogP contribution in [0.2, 0.25) is 0 Å². The van der Waals surface area contributed by atoms with E-state index in [9.17, 15) is 4.79 Å². The maximum absolute atomic E-state index is 12.6. The highest BCUT2D eigenvalue weighted by molar-refractivity contribution is 5.93. The Bertz CT molecular complexity index is 463. The van der Waals surface area contributed by atoms with E-state index in [0.29, 0.717) is 6.04 Å². The van der Waals surface area contributed by atoms with Gasteiger partial charge in [-0.15, -0.1) is 0 Å². The molecule has 1 aliphatic carbocycles. The average molecular weight is 258 g/mol. The van der Waals surface area contributed by atoms with Crippen molar-refractivity contribution in [3.63, 3.8) is 0 Å². The minimum Gasteiger partial charge on any atom is -0.328 e. The van der Waals surface area contributed by atoms with Gasteiger partial charge >= 0.3 is 0 Å². The summed E-state index contributed by atoms with van der Waals surface area (Å²) in [6, 6.07) is 6.31. The number of hydrogen-bond acceptors (Lipinski definition) is 2. The lowest BCUT2D eigenvalue weighted by Gasteiger charge is -2.29. The summed E-state index contributed by atoms with van der Waals surface area (Å²) in [5.41, 5.74) is 1.81. The van der Waals surface area contributed by atoms with E-state index in [2.05, 4.69) is 18.8 Å². The summed E-state index contributed by atoms with van der Waals surface area (Å²) in [5, 5.41) is 0. The molecule has 1 heterocycles. The van der Waals surface area contributed by atoms with Crippen molar-refractivity contribution in [3.8, 4) is 0 Å². The van der Waals surface area contributed by atoms with E-state index in [4.69, 9.17) is 0 Å². The molecule has 3 nitrogen and oxygen atoms in total. The molecule has 19 heavy (non-hydrogen) atoms. The number of amides is 1. The molecule has 102 valence electrons. The zero-order chi connectivity index (χ0) is 13.8. The number of rotatable bonds is 5. The van der Waals surface area contributed by atoms with Gasteiger partial charge in [-0.1, -0.05) is 19.1 Å². The van der Waals surface area contributed by atoms with E-state index in [1.807, 2.05) is 36.1 Å². The molecule has 0 spiro atoms. The topological polar surface area (TPSA) is 33.2 Å². The predicted octanol–water partition coefficient (Wildman–Crippen LogP) is 3.49. The van der Waals surface area contributed by atoms with Crippen LogP contribution in [0.3, 0.4) is 0 Å². The third-order valence-electron chi connectivity index (χ3n) is 3.56. The van der Waals surface area contributed by atoms with Crippen molar-refractivity contribution in [2.45, 2.75) is 52.1 Å². The van der Waals surface area contributed by atoms with Crippen LogP contribution in [-0.2, 0) is 4.79 Å². The lowest BCUT2D eigenvalue weighted by Crippen LogP contribution is -2.36. The minimum absolute atomic E-state index is 0.0430. The van der Waals surface area contributed by atoms with Crippen molar-refractivity contribution in [2.75, 3.05) is 0 Å². The number of carbonyl (C=O) groups excluding carboxylic acids is 1. The van der Waals surface area contributed by atoms with Crippen molar-refractivity contribution >= 4 is 5.91 Å². The standard InChI is InChI=1S/C16H22N2O/c1-4-7-12(2)16(19)18(14-9-10-14)13(3)15-8-5-6-11-17-15/h5-8,11,13-14H,4,9-10H2,1-3H3/b12-7+. The largest absolute Gasteiger partial charge is 0.328 e. The van der Waals surface area contributed by atoms with Crippen molar-refractivity contribution < 1.29 is 4.79 Å². The molecule has 1 aliphatic rings. The second-order valence-corrected chi connectivity index (χ2v) is 5.17. The number of hydrogen-bond donors (Lipinski definition) is 0. The molecule has 3 heteroatoms. The van der Waals surface area contributed by atoms with E-state index >= 15 is 0 Å². The first-order valence-electron chi connectivity index (χ1n) is 7.05. The fourth-order valence-electron chi connectivity index (χ4n) is 2.37. The Balaban J connectivity index is 2.21. The van der Waals surface area contributed by atoms with Gasteiger partial charge < -0.3 is 4.90 Å². The van der Waals surface area contributed by atoms with E-state index in [0.717, 1.165) is 30.5 Å². The van der Waals surface area contributed by atoms with Crippen molar-refractivity contribution in [3.05, 3.63) is 41.7 Å². The molecular weight excluding hydrogens is 236 g/mol. The molecule has 0 bridgehead atoms. The first kappa shape index (κ1) is 13.8. The van der Waals surface area contributed by atoms with Gasteiger partial charge in [0.15, 0.2) is 0 Å². The minimum atomic E-state index is 0.0430. The molecule has 0 radical (unpaired) electrons. The Morgan fingerprint density at radius 1 is 1.53 bits per heavy atom. The monoisotopic (exact) mass is 258 g/mol. The number of allylic oxidation sites excluding steroid dienone is 1. The maximum Gasteiger partial charge on any atom is 0.249 e. The molecule has 1 aromatic heterocycles. The highest BCUT2D eigenvalue weighted by Gasteiger charge is 2.36.